The van der Waals surface area contributed by atoms with Crippen LogP contribution < -0.4 is 5.32 Å². The first-order chi connectivity index (χ1) is 12.7. The van der Waals surface area contributed by atoms with Crippen LogP contribution in [-0.2, 0) is 10.1 Å². The topological polar surface area (TPSA) is 147 Å². The first kappa shape index (κ1) is 18.3. The van der Waals surface area contributed by atoms with Gasteiger partial charge in [-0.2, -0.15) is 8.42 Å². The largest absolute Gasteiger partial charge is 0.508 e. The van der Waals surface area contributed by atoms with E-state index < -0.39 is 25.8 Å². The van der Waals surface area contributed by atoms with E-state index in [4.69, 9.17) is 0 Å². The van der Waals surface area contributed by atoms with E-state index in [0.717, 1.165) is 12.1 Å². The predicted molar refractivity (Wildman–Crippen MR) is 96.5 cm³/mol. The third kappa shape index (κ3) is 3.71. The molecule has 0 heterocycles. The second-order valence-corrected chi connectivity index (χ2v) is 6.96. The molecule has 0 aliphatic heterocycles. The summed E-state index contributed by atoms with van der Waals surface area (Å²) in [5, 5.41) is 23.2. The molecular weight excluding hydrogens is 376 g/mol. The lowest BCUT2D eigenvalue weighted by atomic mass is 10.1. The number of benzene rings is 3. The highest BCUT2D eigenvalue weighted by Crippen LogP contribution is 2.32. The van der Waals surface area contributed by atoms with Crippen LogP contribution >= 0.6 is 0 Å². The zero-order chi connectivity index (χ0) is 19.8. The Morgan fingerprint density at radius 3 is 2.26 bits per heavy atom. The summed E-state index contributed by atoms with van der Waals surface area (Å²) >= 11 is 0. The van der Waals surface area contributed by atoms with Crippen LogP contribution in [0, 0.1) is 10.1 Å². The molecule has 3 aromatic rings. The molecule has 9 nitrogen and oxygen atoms in total. The Labute approximate surface area is 152 Å². The van der Waals surface area contributed by atoms with Crippen LogP contribution in [0.4, 0.5) is 11.4 Å². The van der Waals surface area contributed by atoms with Crippen molar-refractivity contribution in [3.05, 3.63) is 70.3 Å². The number of anilines is 1. The van der Waals surface area contributed by atoms with Gasteiger partial charge in [0.15, 0.2) is 0 Å². The molecular formula is C17H12N2O7S. The average molecular weight is 388 g/mol. The van der Waals surface area contributed by atoms with Gasteiger partial charge in [-0.1, -0.05) is 0 Å². The second kappa shape index (κ2) is 6.67. The first-order valence-electron chi connectivity index (χ1n) is 7.46. The quantitative estimate of drug-likeness (QED) is 0.354. The number of rotatable bonds is 4. The molecule has 0 aliphatic rings. The van der Waals surface area contributed by atoms with Crippen LogP contribution in [0.15, 0.2) is 59.5 Å². The molecule has 0 aliphatic carbocycles. The number of carbonyl (C=O) groups excluding carboxylic acids is 1. The Balaban J connectivity index is 2.02. The zero-order valence-electron chi connectivity index (χ0n) is 13.5. The lowest BCUT2D eigenvalue weighted by molar-refractivity contribution is -0.384. The summed E-state index contributed by atoms with van der Waals surface area (Å²) in [4.78, 5) is 22.1. The zero-order valence-corrected chi connectivity index (χ0v) is 14.3. The number of phenols is 1. The molecule has 0 unspecified atom stereocenters. The van der Waals surface area contributed by atoms with E-state index in [1.807, 2.05) is 0 Å². The van der Waals surface area contributed by atoms with Gasteiger partial charge in [0.05, 0.1) is 4.92 Å². The third-order valence-electron chi connectivity index (χ3n) is 3.83. The number of amides is 1. The highest BCUT2D eigenvalue weighted by atomic mass is 32.2. The fourth-order valence-electron chi connectivity index (χ4n) is 2.57. The van der Waals surface area contributed by atoms with E-state index in [2.05, 4.69) is 5.32 Å². The molecule has 10 heteroatoms. The van der Waals surface area contributed by atoms with Crippen molar-refractivity contribution in [2.24, 2.45) is 0 Å². The minimum absolute atomic E-state index is 0.0269. The number of nitro benzene ring substituents is 1. The number of aromatic hydroxyl groups is 1. The first-order valence-corrected chi connectivity index (χ1v) is 8.90. The molecule has 1 amide bonds. The van der Waals surface area contributed by atoms with Crippen molar-refractivity contribution in [1.29, 1.82) is 0 Å². The summed E-state index contributed by atoms with van der Waals surface area (Å²) in [6.45, 7) is 0. The van der Waals surface area contributed by atoms with Crippen molar-refractivity contribution in [1.82, 2.24) is 0 Å². The monoisotopic (exact) mass is 388 g/mol. The molecule has 3 N–H and O–H groups in total. The number of nitrogens with zero attached hydrogens (tertiary/aromatic N) is 1. The van der Waals surface area contributed by atoms with Crippen molar-refractivity contribution in [3.63, 3.8) is 0 Å². The van der Waals surface area contributed by atoms with E-state index >= 15 is 0 Å². The molecule has 3 aromatic carbocycles. The number of hydrogen-bond acceptors (Lipinski definition) is 6. The highest BCUT2D eigenvalue weighted by Gasteiger charge is 2.18. The van der Waals surface area contributed by atoms with Crippen molar-refractivity contribution in [2.75, 3.05) is 5.32 Å². The summed E-state index contributed by atoms with van der Waals surface area (Å²) in [6.07, 6.45) is 0. The normalized spacial score (nSPS) is 11.3. The van der Waals surface area contributed by atoms with Crippen LogP contribution in [0.3, 0.4) is 0 Å². The van der Waals surface area contributed by atoms with Crippen LogP contribution in [-0.4, -0.2) is 28.9 Å². The van der Waals surface area contributed by atoms with E-state index in [1.165, 1.54) is 42.5 Å². The van der Waals surface area contributed by atoms with Crippen LogP contribution in [0.1, 0.15) is 10.4 Å². The van der Waals surface area contributed by atoms with Gasteiger partial charge in [0.1, 0.15) is 10.6 Å². The van der Waals surface area contributed by atoms with Crippen molar-refractivity contribution in [2.45, 2.75) is 4.90 Å². The van der Waals surface area contributed by atoms with Crippen molar-refractivity contribution >= 4 is 38.2 Å². The number of nitrogens with one attached hydrogen (secondary N) is 1. The van der Waals surface area contributed by atoms with E-state index in [0.29, 0.717) is 0 Å². The van der Waals surface area contributed by atoms with Gasteiger partial charge < -0.3 is 10.4 Å². The molecule has 0 bridgehead atoms. The van der Waals surface area contributed by atoms with E-state index in [9.17, 15) is 33.0 Å². The summed E-state index contributed by atoms with van der Waals surface area (Å²) in [5.74, 6) is -0.787. The summed E-state index contributed by atoms with van der Waals surface area (Å²) in [6, 6.07) is 11.2. The third-order valence-corrected chi connectivity index (χ3v) is 4.74. The highest BCUT2D eigenvalue weighted by molar-refractivity contribution is 7.86. The molecule has 0 saturated heterocycles. The molecule has 0 spiro atoms. The summed E-state index contributed by atoms with van der Waals surface area (Å²) < 4.78 is 32.4. The molecule has 0 radical (unpaired) electrons. The maximum Gasteiger partial charge on any atom is 0.295 e. The number of nitro groups is 1. The Hall–Kier alpha value is -3.50. The maximum atomic E-state index is 12.4. The fraction of sp³-hybridized carbons (Fsp3) is 0. The summed E-state index contributed by atoms with van der Waals surface area (Å²) in [5.41, 5.74) is 0.233. The minimum atomic E-state index is -4.54. The second-order valence-electron chi connectivity index (χ2n) is 5.57. The van der Waals surface area contributed by atoms with Gasteiger partial charge in [0, 0.05) is 34.2 Å². The van der Waals surface area contributed by atoms with Gasteiger partial charge in [-0.05, 0) is 42.5 Å². The molecule has 0 saturated carbocycles. The molecule has 0 fully saturated rings. The van der Waals surface area contributed by atoms with Gasteiger partial charge in [-0.15, -0.1) is 0 Å². The van der Waals surface area contributed by atoms with Crippen LogP contribution in [0.25, 0.3) is 10.8 Å². The molecule has 0 atom stereocenters. The average Bonchev–Trinajstić information content (AvgIpc) is 2.60. The van der Waals surface area contributed by atoms with Gasteiger partial charge in [0.2, 0.25) is 0 Å². The van der Waals surface area contributed by atoms with Crippen molar-refractivity contribution in [3.8, 4) is 5.75 Å². The standard InChI is InChI=1S/C17H12N2O7S/c20-12-5-6-13-14(9-12)16(27(24,25)26)8-7-15(13)18-17(21)10-1-3-11(4-2-10)19(22)23/h1-9,20H,(H,18,21)(H,24,25,26). The number of non-ortho nitro benzene ring substituents is 1. The lowest BCUT2D eigenvalue weighted by Crippen LogP contribution is -2.12. The molecule has 0 aromatic heterocycles. The molecule has 138 valence electrons. The number of hydrogen-bond donors (Lipinski definition) is 3. The van der Waals surface area contributed by atoms with E-state index in [1.54, 1.807) is 0 Å². The smallest absolute Gasteiger partial charge is 0.295 e. The van der Waals surface area contributed by atoms with Gasteiger partial charge >= 0.3 is 0 Å². The van der Waals surface area contributed by atoms with Gasteiger partial charge in [0.25, 0.3) is 21.7 Å². The Bertz CT molecular complexity index is 1170. The molecule has 27 heavy (non-hydrogen) atoms. The Kier molecular flexibility index (Phi) is 4.52. The predicted octanol–water partition coefficient (Wildman–Crippen LogP) is 2.95. The minimum Gasteiger partial charge on any atom is -0.508 e. The van der Waals surface area contributed by atoms with Gasteiger partial charge in [-0.3, -0.25) is 19.5 Å². The molecule has 3 rings (SSSR count). The van der Waals surface area contributed by atoms with Crippen molar-refractivity contribution < 1.29 is 27.8 Å². The Morgan fingerprint density at radius 1 is 1.00 bits per heavy atom. The number of fused-ring (bicyclic) bond motifs is 1. The fourth-order valence-corrected chi connectivity index (χ4v) is 3.26. The SMILES string of the molecule is O=C(Nc1ccc(S(=O)(=O)O)c2cc(O)ccc12)c1ccc([N+](=O)[O-])cc1. The van der Waals surface area contributed by atoms with Crippen LogP contribution in [0.2, 0.25) is 0 Å². The number of phenolic OH excluding ortho intramolecular Hbond substituents is 1. The maximum absolute atomic E-state index is 12.4. The van der Waals surface area contributed by atoms with E-state index in [-0.39, 0.29) is 33.5 Å². The number of carbonyl (C=O) groups is 1. The van der Waals surface area contributed by atoms with Crippen LogP contribution in [0.5, 0.6) is 5.75 Å². The lowest BCUT2D eigenvalue weighted by Gasteiger charge is -2.11. The van der Waals surface area contributed by atoms with Gasteiger partial charge in [-0.25, -0.2) is 0 Å². The Morgan fingerprint density at radius 2 is 1.67 bits per heavy atom. The summed E-state index contributed by atoms with van der Waals surface area (Å²) in [7, 11) is -4.54.